The van der Waals surface area contributed by atoms with Crippen molar-refractivity contribution in [2.75, 3.05) is 4.90 Å². The van der Waals surface area contributed by atoms with Crippen molar-refractivity contribution < 1.29 is 18.8 Å². The first-order valence-corrected chi connectivity index (χ1v) is 11.0. The molecule has 9 heteroatoms. The number of carbonyl (C=O) groups excluding carboxylic acids is 3. The molecule has 0 radical (unpaired) electrons. The first-order chi connectivity index (χ1) is 14.8. The molecule has 4 rings (SSSR count). The summed E-state index contributed by atoms with van der Waals surface area (Å²) in [6.07, 6.45) is 1.33. The number of anilines is 1. The van der Waals surface area contributed by atoms with Crippen LogP contribution in [0.15, 0.2) is 79.0 Å². The Morgan fingerprint density at radius 1 is 1.10 bits per heavy atom. The molecule has 0 unspecified atom stereocenters. The average molecular weight is 518 g/mol. The van der Waals surface area contributed by atoms with Crippen LogP contribution in [0.2, 0.25) is 5.02 Å². The first kappa shape index (κ1) is 21.4. The van der Waals surface area contributed by atoms with Gasteiger partial charge in [0.1, 0.15) is 11.3 Å². The van der Waals surface area contributed by atoms with E-state index in [0.29, 0.717) is 26.0 Å². The maximum Gasteiger partial charge on any atom is 0.335 e. The fraction of sp³-hybridized carbons (Fsp3) is 0.0455. The lowest BCUT2D eigenvalue weighted by atomic mass is 10.1. The number of nitrogens with zero attached hydrogens (tertiary/aromatic N) is 1. The van der Waals surface area contributed by atoms with E-state index < -0.39 is 17.8 Å². The molecule has 0 bridgehead atoms. The van der Waals surface area contributed by atoms with E-state index in [0.717, 1.165) is 15.4 Å². The van der Waals surface area contributed by atoms with E-state index in [1.165, 1.54) is 17.8 Å². The molecule has 0 saturated carbocycles. The van der Waals surface area contributed by atoms with Crippen LogP contribution >= 0.6 is 39.3 Å². The van der Waals surface area contributed by atoms with Crippen LogP contribution < -0.4 is 10.2 Å². The van der Waals surface area contributed by atoms with E-state index in [2.05, 4.69) is 21.2 Å². The quantitative estimate of drug-likeness (QED) is 0.348. The van der Waals surface area contributed by atoms with Crippen molar-refractivity contribution in [3.63, 3.8) is 0 Å². The number of halogens is 2. The number of imide groups is 2. The molecule has 0 atom stereocenters. The Hall–Kier alpha value is -2.81. The fourth-order valence-electron chi connectivity index (χ4n) is 2.95. The maximum absolute atomic E-state index is 13.0. The minimum Gasteiger partial charge on any atom is -0.449 e. The molecule has 1 fully saturated rings. The third kappa shape index (κ3) is 4.46. The SMILES string of the molecule is Cc1ccccc1N1C(=O)NC(=O)C(=Cc2cc(Br)c(Sc3ccc(Cl)cc3)o2)C1=O. The van der Waals surface area contributed by atoms with Gasteiger partial charge >= 0.3 is 6.03 Å². The summed E-state index contributed by atoms with van der Waals surface area (Å²) in [5.41, 5.74) is 0.928. The summed E-state index contributed by atoms with van der Waals surface area (Å²) in [5.74, 6) is -1.21. The Bertz CT molecular complexity index is 1240. The molecule has 1 saturated heterocycles. The molecular formula is C22H14BrClN2O4S. The molecule has 0 spiro atoms. The molecule has 0 aliphatic carbocycles. The number of hydrogen-bond acceptors (Lipinski definition) is 5. The van der Waals surface area contributed by atoms with Crippen LogP contribution in [0.1, 0.15) is 11.3 Å². The number of hydrogen-bond donors (Lipinski definition) is 1. The highest BCUT2D eigenvalue weighted by Gasteiger charge is 2.37. The van der Waals surface area contributed by atoms with Crippen LogP contribution in [0.3, 0.4) is 0 Å². The standard InChI is InChI=1S/C22H14BrClN2O4S/c1-12-4-2-3-5-18(12)26-20(28)16(19(27)25-22(26)29)10-14-11-17(23)21(30-14)31-15-8-6-13(24)7-9-15/h2-11H,1H3,(H,25,27,29). The number of benzene rings is 2. The second-order valence-electron chi connectivity index (χ2n) is 6.58. The Kier molecular flexibility index (Phi) is 6.04. The normalized spacial score (nSPS) is 15.5. The number of carbonyl (C=O) groups is 3. The number of para-hydroxylation sites is 1. The molecule has 4 amide bonds. The molecule has 3 aromatic rings. The Morgan fingerprint density at radius 2 is 1.81 bits per heavy atom. The zero-order valence-electron chi connectivity index (χ0n) is 16.0. The summed E-state index contributed by atoms with van der Waals surface area (Å²) in [6, 6.07) is 15.0. The van der Waals surface area contributed by atoms with Gasteiger partial charge in [-0.2, -0.15) is 0 Å². The number of nitrogens with one attached hydrogen (secondary N) is 1. The van der Waals surface area contributed by atoms with Gasteiger partial charge in [0.05, 0.1) is 10.2 Å². The first-order valence-electron chi connectivity index (χ1n) is 9.03. The Balaban J connectivity index is 1.65. The van der Waals surface area contributed by atoms with Crippen molar-refractivity contribution in [1.82, 2.24) is 5.32 Å². The predicted octanol–water partition coefficient (Wildman–Crippen LogP) is 5.82. The summed E-state index contributed by atoms with van der Waals surface area (Å²) < 4.78 is 6.47. The summed E-state index contributed by atoms with van der Waals surface area (Å²) in [7, 11) is 0. The number of furan rings is 1. The van der Waals surface area contributed by atoms with Crippen molar-refractivity contribution in [2.24, 2.45) is 0 Å². The van der Waals surface area contributed by atoms with Crippen molar-refractivity contribution in [1.29, 1.82) is 0 Å². The topological polar surface area (TPSA) is 79.6 Å². The maximum atomic E-state index is 13.0. The van der Waals surface area contributed by atoms with Gasteiger partial charge in [-0.3, -0.25) is 14.9 Å². The van der Waals surface area contributed by atoms with Crippen molar-refractivity contribution >= 4 is 68.9 Å². The largest absolute Gasteiger partial charge is 0.449 e. The van der Waals surface area contributed by atoms with Crippen LogP contribution in [-0.4, -0.2) is 17.8 Å². The number of barbiturate groups is 1. The number of amides is 4. The molecular weight excluding hydrogens is 504 g/mol. The van der Waals surface area contributed by atoms with Crippen molar-refractivity contribution in [2.45, 2.75) is 16.9 Å². The van der Waals surface area contributed by atoms with Crippen LogP contribution in [0.4, 0.5) is 10.5 Å². The number of aryl methyl sites for hydroxylation is 1. The van der Waals surface area contributed by atoms with Gasteiger partial charge in [-0.1, -0.05) is 41.6 Å². The third-order valence-electron chi connectivity index (χ3n) is 4.44. The zero-order chi connectivity index (χ0) is 22.1. The molecule has 31 heavy (non-hydrogen) atoms. The highest BCUT2D eigenvalue weighted by atomic mass is 79.9. The van der Waals surface area contributed by atoms with Gasteiger partial charge in [-0.15, -0.1) is 0 Å². The molecule has 1 aliphatic rings. The lowest BCUT2D eigenvalue weighted by Gasteiger charge is -2.27. The second-order valence-corrected chi connectivity index (χ2v) is 8.92. The van der Waals surface area contributed by atoms with Crippen LogP contribution in [0.25, 0.3) is 6.08 Å². The molecule has 2 heterocycles. The minimum absolute atomic E-state index is 0.202. The molecule has 156 valence electrons. The molecule has 1 N–H and O–H groups in total. The van der Waals surface area contributed by atoms with Gasteiger partial charge in [0, 0.05) is 9.92 Å². The van der Waals surface area contributed by atoms with Gasteiger partial charge in [0.25, 0.3) is 11.8 Å². The number of rotatable bonds is 4. The average Bonchev–Trinajstić information content (AvgIpc) is 3.07. The van der Waals surface area contributed by atoms with Crippen molar-refractivity contribution in [3.05, 3.63) is 81.0 Å². The second kappa shape index (κ2) is 8.74. The molecule has 2 aromatic carbocycles. The molecule has 1 aliphatic heterocycles. The smallest absolute Gasteiger partial charge is 0.335 e. The number of urea groups is 1. The zero-order valence-corrected chi connectivity index (χ0v) is 19.2. The van der Waals surface area contributed by atoms with Crippen LogP contribution in [0, 0.1) is 6.92 Å². The van der Waals surface area contributed by atoms with Gasteiger partial charge < -0.3 is 4.42 Å². The van der Waals surface area contributed by atoms with Crippen LogP contribution in [-0.2, 0) is 9.59 Å². The van der Waals surface area contributed by atoms with E-state index in [9.17, 15) is 14.4 Å². The summed E-state index contributed by atoms with van der Waals surface area (Å²) in [4.78, 5) is 39.6. The van der Waals surface area contributed by atoms with Gasteiger partial charge in [-0.25, -0.2) is 9.69 Å². The molecule has 1 aromatic heterocycles. The predicted molar refractivity (Wildman–Crippen MR) is 122 cm³/mol. The monoisotopic (exact) mass is 516 g/mol. The lowest BCUT2D eigenvalue weighted by molar-refractivity contribution is -0.122. The lowest BCUT2D eigenvalue weighted by Crippen LogP contribution is -2.54. The summed E-state index contributed by atoms with van der Waals surface area (Å²) in [5, 5.41) is 3.38. The van der Waals surface area contributed by atoms with E-state index in [1.807, 2.05) is 12.1 Å². The summed E-state index contributed by atoms with van der Waals surface area (Å²) in [6.45, 7) is 1.78. The minimum atomic E-state index is -0.791. The van der Waals surface area contributed by atoms with E-state index in [-0.39, 0.29) is 5.57 Å². The van der Waals surface area contributed by atoms with Crippen molar-refractivity contribution in [3.8, 4) is 0 Å². The molecule has 6 nitrogen and oxygen atoms in total. The fourth-order valence-corrected chi connectivity index (χ4v) is 4.41. The van der Waals surface area contributed by atoms with Gasteiger partial charge in [-0.05, 0) is 70.9 Å². The van der Waals surface area contributed by atoms with E-state index in [1.54, 1.807) is 49.4 Å². The highest BCUT2D eigenvalue weighted by Crippen LogP contribution is 2.37. The highest BCUT2D eigenvalue weighted by molar-refractivity contribution is 9.10. The van der Waals surface area contributed by atoms with Crippen LogP contribution in [0.5, 0.6) is 0 Å². The van der Waals surface area contributed by atoms with Gasteiger partial charge in [0.2, 0.25) is 0 Å². The Labute approximate surface area is 195 Å². The van der Waals surface area contributed by atoms with Gasteiger partial charge in [0.15, 0.2) is 5.09 Å². The third-order valence-corrected chi connectivity index (χ3v) is 6.54. The van der Waals surface area contributed by atoms with E-state index in [4.69, 9.17) is 16.0 Å². The summed E-state index contributed by atoms with van der Waals surface area (Å²) >= 11 is 10.7. The van der Waals surface area contributed by atoms with E-state index >= 15 is 0 Å². The Morgan fingerprint density at radius 3 is 2.52 bits per heavy atom.